The van der Waals surface area contributed by atoms with Crippen molar-refractivity contribution in [3.8, 4) is 5.75 Å². The highest BCUT2D eigenvalue weighted by molar-refractivity contribution is 9.10. The molecule has 2 aromatic carbocycles. The summed E-state index contributed by atoms with van der Waals surface area (Å²) in [5.74, 6) is 0.778. The van der Waals surface area contributed by atoms with Gasteiger partial charge in [-0.3, -0.25) is 5.10 Å². The molecule has 8 nitrogen and oxygen atoms in total. The Labute approximate surface area is 196 Å². The van der Waals surface area contributed by atoms with E-state index in [0.717, 1.165) is 26.7 Å². The molecule has 5 rings (SSSR count). The molecule has 3 aromatic rings. The summed E-state index contributed by atoms with van der Waals surface area (Å²) < 4.78 is 29.0. The summed E-state index contributed by atoms with van der Waals surface area (Å²) in [6, 6.07) is 11.4. The number of aromatic amines is 1. The van der Waals surface area contributed by atoms with Gasteiger partial charge in [0.05, 0.1) is 29.8 Å². The van der Waals surface area contributed by atoms with Gasteiger partial charge >= 0.3 is 6.09 Å². The van der Waals surface area contributed by atoms with Crippen LogP contribution in [0.3, 0.4) is 0 Å². The van der Waals surface area contributed by atoms with Gasteiger partial charge < -0.3 is 14.4 Å². The van der Waals surface area contributed by atoms with Gasteiger partial charge in [0.2, 0.25) is 0 Å². The number of benzene rings is 2. The number of halogens is 1. The Bertz CT molecular complexity index is 1190. The van der Waals surface area contributed by atoms with Crippen LogP contribution in [-0.2, 0) is 15.7 Å². The Morgan fingerprint density at radius 1 is 1.34 bits per heavy atom. The maximum atomic E-state index is 13.4. The lowest BCUT2D eigenvalue weighted by molar-refractivity contribution is -0.0205. The van der Waals surface area contributed by atoms with Crippen LogP contribution in [0.15, 0.2) is 52.0 Å². The zero-order valence-electron chi connectivity index (χ0n) is 17.5. The molecule has 1 aromatic heterocycles. The second kappa shape index (κ2) is 8.49. The second-order valence-electron chi connectivity index (χ2n) is 8.16. The number of carbonyl (C=O) groups excluding carboxylic acids is 1. The molecule has 1 fully saturated rings. The van der Waals surface area contributed by atoms with Crippen molar-refractivity contribution < 1.29 is 18.5 Å². The SMILES string of the molecule is COC(=O)N1CCC2(CC1)C[C@H](NS(=O)c1cccc3cn[nH]c13)c1cc(Br)ccc1O2. The van der Waals surface area contributed by atoms with Crippen molar-refractivity contribution in [2.24, 2.45) is 0 Å². The molecule has 1 amide bonds. The fourth-order valence-corrected chi connectivity index (χ4v) is 6.09. The predicted octanol–water partition coefficient (Wildman–Crippen LogP) is 4.06. The van der Waals surface area contributed by atoms with Crippen LogP contribution in [-0.4, -0.2) is 51.2 Å². The molecule has 3 heterocycles. The van der Waals surface area contributed by atoms with Gasteiger partial charge in [-0.15, -0.1) is 0 Å². The number of para-hydroxylation sites is 1. The number of carbonyl (C=O) groups is 1. The Hall–Kier alpha value is -2.43. The van der Waals surface area contributed by atoms with E-state index in [4.69, 9.17) is 9.47 Å². The lowest BCUT2D eigenvalue weighted by Gasteiger charge is -2.46. The minimum Gasteiger partial charge on any atom is -0.487 e. The highest BCUT2D eigenvalue weighted by Gasteiger charge is 2.44. The molecule has 0 saturated carbocycles. The molecule has 1 unspecified atom stereocenters. The van der Waals surface area contributed by atoms with Crippen LogP contribution < -0.4 is 9.46 Å². The Balaban J connectivity index is 1.43. The predicted molar refractivity (Wildman–Crippen MR) is 124 cm³/mol. The molecular weight excluding hydrogens is 496 g/mol. The molecule has 168 valence electrons. The average Bonchev–Trinajstić information content (AvgIpc) is 3.28. The summed E-state index contributed by atoms with van der Waals surface area (Å²) in [4.78, 5) is 14.3. The number of aromatic nitrogens is 2. The van der Waals surface area contributed by atoms with E-state index in [0.29, 0.717) is 37.2 Å². The van der Waals surface area contributed by atoms with Crippen molar-refractivity contribution in [2.45, 2.75) is 35.8 Å². The van der Waals surface area contributed by atoms with Crippen molar-refractivity contribution in [1.29, 1.82) is 0 Å². The minimum absolute atomic E-state index is 0.181. The van der Waals surface area contributed by atoms with Crippen LogP contribution in [0.25, 0.3) is 10.9 Å². The maximum absolute atomic E-state index is 13.4. The number of rotatable bonds is 3. The monoisotopic (exact) mass is 518 g/mol. The summed E-state index contributed by atoms with van der Waals surface area (Å²) in [7, 11) is -0.0651. The molecule has 0 radical (unpaired) electrons. The third-order valence-electron chi connectivity index (χ3n) is 6.24. The molecule has 0 aliphatic carbocycles. The van der Waals surface area contributed by atoms with Crippen LogP contribution in [0.4, 0.5) is 4.79 Å². The van der Waals surface area contributed by atoms with Crippen molar-refractivity contribution in [1.82, 2.24) is 19.8 Å². The van der Waals surface area contributed by atoms with E-state index >= 15 is 0 Å². The largest absolute Gasteiger partial charge is 0.487 e. The Morgan fingerprint density at radius 3 is 2.94 bits per heavy atom. The second-order valence-corrected chi connectivity index (χ2v) is 10.3. The number of nitrogens with zero attached hydrogens (tertiary/aromatic N) is 2. The van der Waals surface area contributed by atoms with Gasteiger partial charge in [0.1, 0.15) is 22.3 Å². The fourth-order valence-electron chi connectivity index (χ4n) is 4.57. The maximum Gasteiger partial charge on any atom is 0.409 e. The third-order valence-corrected chi connectivity index (χ3v) is 7.98. The molecule has 10 heteroatoms. The van der Waals surface area contributed by atoms with Crippen LogP contribution in [0.5, 0.6) is 5.75 Å². The number of hydrogen-bond donors (Lipinski definition) is 2. The molecule has 2 atom stereocenters. The molecule has 32 heavy (non-hydrogen) atoms. The van der Waals surface area contributed by atoms with E-state index in [1.807, 2.05) is 36.4 Å². The first-order chi connectivity index (χ1) is 15.5. The van der Waals surface area contributed by atoms with Crippen LogP contribution >= 0.6 is 15.9 Å². The number of fused-ring (bicyclic) bond motifs is 2. The van der Waals surface area contributed by atoms with Crippen LogP contribution in [0.1, 0.15) is 30.9 Å². The van der Waals surface area contributed by atoms with Gasteiger partial charge in [-0.05, 0) is 24.3 Å². The van der Waals surface area contributed by atoms with Gasteiger partial charge in [-0.1, -0.05) is 28.1 Å². The van der Waals surface area contributed by atoms with Crippen molar-refractivity contribution in [3.05, 3.63) is 52.6 Å². The van der Waals surface area contributed by atoms with E-state index in [1.165, 1.54) is 7.11 Å². The summed E-state index contributed by atoms with van der Waals surface area (Å²) >= 11 is 3.55. The molecule has 2 aliphatic heterocycles. The zero-order chi connectivity index (χ0) is 22.3. The number of hydrogen-bond acceptors (Lipinski definition) is 5. The van der Waals surface area contributed by atoms with E-state index in [1.54, 1.807) is 11.1 Å². The highest BCUT2D eigenvalue weighted by Crippen LogP contribution is 2.45. The molecule has 0 bridgehead atoms. The summed E-state index contributed by atoms with van der Waals surface area (Å²) in [6.07, 6.45) is 3.41. The number of methoxy groups -OCH3 is 1. The van der Waals surface area contributed by atoms with E-state index < -0.39 is 16.6 Å². The zero-order valence-corrected chi connectivity index (χ0v) is 19.9. The van der Waals surface area contributed by atoms with E-state index in [9.17, 15) is 9.00 Å². The topological polar surface area (TPSA) is 96.5 Å². The number of nitrogens with one attached hydrogen (secondary N) is 2. The summed E-state index contributed by atoms with van der Waals surface area (Å²) in [5, 5.41) is 7.94. The van der Waals surface area contributed by atoms with Gasteiger partial charge in [0.25, 0.3) is 0 Å². The minimum atomic E-state index is -1.46. The molecule has 1 saturated heterocycles. The van der Waals surface area contributed by atoms with E-state index in [2.05, 4.69) is 30.8 Å². The third kappa shape index (κ3) is 3.91. The first-order valence-electron chi connectivity index (χ1n) is 10.4. The van der Waals surface area contributed by atoms with Crippen LogP contribution in [0, 0.1) is 0 Å². The standard InChI is InChI=1S/C22H23BrN4O4S/c1-30-21(28)27-9-7-22(8-10-27)12-17(16-11-15(23)5-6-18(16)31-22)26-32(29)19-4-2-3-14-13-24-25-20(14)19/h2-6,11,13,17,26H,7-10,12H2,1H3,(H,24,25)/t17-,32?/m0/s1. The average molecular weight is 519 g/mol. The Kier molecular flexibility index (Phi) is 5.68. The van der Waals surface area contributed by atoms with Crippen molar-refractivity contribution >= 4 is 43.9 Å². The number of piperidine rings is 1. The smallest absolute Gasteiger partial charge is 0.409 e. The first-order valence-corrected chi connectivity index (χ1v) is 12.3. The highest BCUT2D eigenvalue weighted by atomic mass is 79.9. The first kappa shape index (κ1) is 21.4. The van der Waals surface area contributed by atoms with Gasteiger partial charge in [-0.2, -0.15) is 5.10 Å². The number of ether oxygens (including phenoxy) is 2. The van der Waals surface area contributed by atoms with Gasteiger partial charge in [0, 0.05) is 47.8 Å². The molecule has 2 aliphatic rings. The van der Waals surface area contributed by atoms with Gasteiger partial charge in [0.15, 0.2) is 0 Å². The lowest BCUT2D eigenvalue weighted by atomic mass is 9.81. The van der Waals surface area contributed by atoms with Crippen molar-refractivity contribution in [2.75, 3.05) is 20.2 Å². The number of H-pyrrole nitrogens is 1. The van der Waals surface area contributed by atoms with Crippen LogP contribution in [0.2, 0.25) is 0 Å². The molecule has 2 N–H and O–H groups in total. The molecular formula is C22H23BrN4O4S. The van der Waals surface area contributed by atoms with Gasteiger partial charge in [-0.25, -0.2) is 13.7 Å². The normalized spacial score (nSPS) is 20.6. The molecule has 1 spiro atoms. The number of amides is 1. The van der Waals surface area contributed by atoms with E-state index in [-0.39, 0.29) is 12.1 Å². The Morgan fingerprint density at radius 2 is 2.16 bits per heavy atom. The quantitative estimate of drug-likeness (QED) is 0.544. The lowest BCUT2D eigenvalue weighted by Crippen LogP contribution is -2.53. The number of likely N-dealkylation sites (tertiary alicyclic amines) is 1. The summed E-state index contributed by atoms with van der Waals surface area (Å²) in [5.41, 5.74) is 1.29. The van der Waals surface area contributed by atoms with Crippen molar-refractivity contribution in [3.63, 3.8) is 0 Å². The fraction of sp³-hybridized carbons (Fsp3) is 0.364. The summed E-state index contributed by atoms with van der Waals surface area (Å²) in [6.45, 7) is 1.11.